The fourth-order valence-electron chi connectivity index (χ4n) is 3.72. The van der Waals surface area contributed by atoms with Crippen LogP contribution in [0.3, 0.4) is 0 Å². The number of carbonyl (C=O) groups excluding carboxylic acids is 1. The molecule has 11 heteroatoms. The van der Waals surface area contributed by atoms with Crippen LogP contribution >= 0.6 is 33.9 Å². The molecule has 0 bridgehead atoms. The summed E-state index contributed by atoms with van der Waals surface area (Å²) in [6.07, 6.45) is 0. The van der Waals surface area contributed by atoms with E-state index in [1.54, 1.807) is 25.3 Å². The van der Waals surface area contributed by atoms with E-state index in [9.17, 15) is 9.18 Å². The molecule has 0 spiro atoms. The van der Waals surface area contributed by atoms with Gasteiger partial charge in [0.2, 0.25) is 17.7 Å². The van der Waals surface area contributed by atoms with Crippen LogP contribution in [0.5, 0.6) is 5.88 Å². The SMILES string of the molecule is COc1nc(N2C[C@H]3C(=O)N(C)C(=N)N[C@@]3(c3ccc(I)s3)C2)nc(C)c1F. The number of halogens is 2. The molecule has 0 aromatic carbocycles. The average Bonchev–Trinajstić information content (AvgIpc) is 3.27. The molecular formula is C17H18FIN6O2S. The molecule has 4 rings (SSSR count). The zero-order valence-electron chi connectivity index (χ0n) is 15.4. The summed E-state index contributed by atoms with van der Waals surface area (Å²) in [5.74, 6) is -0.927. The highest BCUT2D eigenvalue weighted by Gasteiger charge is 2.57. The van der Waals surface area contributed by atoms with Gasteiger partial charge in [0, 0.05) is 25.0 Å². The molecule has 4 heterocycles. The lowest BCUT2D eigenvalue weighted by Crippen LogP contribution is -2.64. The van der Waals surface area contributed by atoms with Gasteiger partial charge in [-0.1, -0.05) is 0 Å². The molecule has 1 amide bonds. The highest BCUT2D eigenvalue weighted by molar-refractivity contribution is 14.1. The minimum atomic E-state index is -0.756. The number of amides is 1. The number of anilines is 1. The molecule has 2 fully saturated rings. The Kier molecular flexibility index (Phi) is 4.68. The van der Waals surface area contributed by atoms with Crippen molar-refractivity contribution in [3.63, 3.8) is 0 Å². The quantitative estimate of drug-likeness (QED) is 0.606. The van der Waals surface area contributed by atoms with Crippen molar-refractivity contribution in [1.82, 2.24) is 20.2 Å². The number of methoxy groups -OCH3 is 1. The number of hydrogen-bond acceptors (Lipinski definition) is 7. The number of rotatable bonds is 3. The van der Waals surface area contributed by atoms with Gasteiger partial charge >= 0.3 is 0 Å². The molecule has 2 aromatic heterocycles. The lowest BCUT2D eigenvalue weighted by atomic mass is 9.83. The molecule has 2 aliphatic rings. The summed E-state index contributed by atoms with van der Waals surface area (Å²) in [5.41, 5.74) is -0.575. The van der Waals surface area contributed by atoms with E-state index < -0.39 is 17.3 Å². The first-order valence-electron chi connectivity index (χ1n) is 8.50. The van der Waals surface area contributed by atoms with E-state index in [-0.39, 0.29) is 23.4 Å². The van der Waals surface area contributed by atoms with Crippen molar-refractivity contribution < 1.29 is 13.9 Å². The Morgan fingerprint density at radius 1 is 1.46 bits per heavy atom. The summed E-state index contributed by atoms with van der Waals surface area (Å²) in [7, 11) is 2.94. The molecule has 0 unspecified atom stereocenters. The molecule has 2 saturated heterocycles. The molecular weight excluding hydrogens is 498 g/mol. The number of ether oxygens (including phenoxy) is 1. The normalized spacial score (nSPS) is 24.4. The molecule has 0 aliphatic carbocycles. The van der Waals surface area contributed by atoms with Crippen LogP contribution in [-0.2, 0) is 10.3 Å². The second-order valence-corrected chi connectivity index (χ2v) is 9.79. The van der Waals surface area contributed by atoms with Crippen molar-refractivity contribution >= 4 is 51.7 Å². The standard InChI is InChI=1S/C17H18FIN6O2S/c1-8-12(18)13(27-3)22-16(21-8)25-6-9-14(26)24(2)15(20)23-17(9,7-25)10-4-5-11(19)28-10/h4-5,9H,6-7H2,1-3H3,(H2,20,23)/t9-,17-/m0/s1. The number of nitrogens with zero attached hydrogens (tertiary/aromatic N) is 4. The topological polar surface area (TPSA) is 94.4 Å². The fraction of sp³-hybridized carbons (Fsp3) is 0.412. The third-order valence-corrected chi connectivity index (χ3v) is 7.28. The minimum Gasteiger partial charge on any atom is -0.479 e. The number of fused-ring (bicyclic) bond motifs is 1. The van der Waals surface area contributed by atoms with E-state index in [1.165, 1.54) is 12.0 Å². The van der Waals surface area contributed by atoms with Gasteiger partial charge in [-0.05, 0) is 41.6 Å². The van der Waals surface area contributed by atoms with Crippen LogP contribution in [0.15, 0.2) is 12.1 Å². The molecule has 28 heavy (non-hydrogen) atoms. The Morgan fingerprint density at radius 2 is 2.21 bits per heavy atom. The highest BCUT2D eigenvalue weighted by Crippen LogP contribution is 2.44. The lowest BCUT2D eigenvalue weighted by Gasteiger charge is -2.42. The van der Waals surface area contributed by atoms with Crippen molar-refractivity contribution in [3.8, 4) is 5.88 Å². The predicted octanol–water partition coefficient (Wildman–Crippen LogP) is 1.93. The monoisotopic (exact) mass is 516 g/mol. The number of guanidine groups is 1. The number of carbonyl (C=O) groups is 1. The van der Waals surface area contributed by atoms with E-state index in [1.807, 2.05) is 17.0 Å². The Balaban J connectivity index is 1.80. The highest BCUT2D eigenvalue weighted by atomic mass is 127. The van der Waals surface area contributed by atoms with Gasteiger partial charge in [0.25, 0.3) is 5.88 Å². The maximum Gasteiger partial charge on any atom is 0.255 e. The van der Waals surface area contributed by atoms with Gasteiger partial charge in [-0.2, -0.15) is 9.37 Å². The van der Waals surface area contributed by atoms with E-state index >= 15 is 0 Å². The zero-order chi connectivity index (χ0) is 20.2. The molecule has 8 nitrogen and oxygen atoms in total. The predicted molar refractivity (Wildman–Crippen MR) is 111 cm³/mol. The van der Waals surface area contributed by atoms with Crippen LogP contribution in [0.1, 0.15) is 10.6 Å². The van der Waals surface area contributed by atoms with Crippen molar-refractivity contribution in [2.45, 2.75) is 12.5 Å². The fourth-order valence-corrected chi connectivity index (χ4v) is 5.53. The van der Waals surface area contributed by atoms with Crippen LogP contribution in [0, 0.1) is 27.0 Å². The van der Waals surface area contributed by atoms with Crippen molar-refractivity contribution in [2.24, 2.45) is 5.92 Å². The van der Waals surface area contributed by atoms with Gasteiger partial charge in [0.1, 0.15) is 5.54 Å². The third-order valence-electron chi connectivity index (χ3n) is 5.21. The number of aryl methyl sites for hydroxylation is 1. The molecule has 0 saturated carbocycles. The maximum absolute atomic E-state index is 14.1. The summed E-state index contributed by atoms with van der Waals surface area (Å²) in [5, 5.41) is 11.5. The Morgan fingerprint density at radius 3 is 2.86 bits per heavy atom. The van der Waals surface area contributed by atoms with Gasteiger partial charge < -0.3 is 15.0 Å². The first kappa shape index (κ1) is 19.3. The van der Waals surface area contributed by atoms with E-state index in [4.69, 9.17) is 10.1 Å². The van der Waals surface area contributed by atoms with Crippen molar-refractivity contribution in [1.29, 1.82) is 5.41 Å². The maximum atomic E-state index is 14.1. The molecule has 2 aliphatic heterocycles. The van der Waals surface area contributed by atoms with Gasteiger partial charge in [-0.3, -0.25) is 15.1 Å². The lowest BCUT2D eigenvalue weighted by molar-refractivity contribution is -0.133. The van der Waals surface area contributed by atoms with Crippen LogP contribution in [0.2, 0.25) is 0 Å². The molecule has 2 aromatic rings. The molecule has 2 N–H and O–H groups in total. The number of aromatic nitrogens is 2. The van der Waals surface area contributed by atoms with Crippen LogP contribution in [0.4, 0.5) is 10.3 Å². The van der Waals surface area contributed by atoms with Gasteiger partial charge in [0.05, 0.1) is 21.6 Å². The van der Waals surface area contributed by atoms with E-state index in [0.717, 1.165) is 7.76 Å². The van der Waals surface area contributed by atoms with Crippen LogP contribution in [0.25, 0.3) is 0 Å². The van der Waals surface area contributed by atoms with E-state index in [2.05, 4.69) is 37.9 Å². The summed E-state index contributed by atoms with van der Waals surface area (Å²) < 4.78 is 20.2. The minimum absolute atomic E-state index is 0.0558. The molecule has 0 radical (unpaired) electrons. The zero-order valence-corrected chi connectivity index (χ0v) is 18.4. The third kappa shape index (κ3) is 2.82. The van der Waals surface area contributed by atoms with Crippen LogP contribution < -0.4 is 15.0 Å². The smallest absolute Gasteiger partial charge is 0.255 e. The Hall–Kier alpha value is -2.02. The molecule has 148 valence electrons. The Bertz CT molecular complexity index is 985. The first-order chi connectivity index (χ1) is 13.3. The number of hydrogen-bond donors (Lipinski definition) is 2. The average molecular weight is 516 g/mol. The Labute approximate surface area is 178 Å². The van der Waals surface area contributed by atoms with Crippen molar-refractivity contribution in [2.75, 3.05) is 32.1 Å². The van der Waals surface area contributed by atoms with Gasteiger partial charge in [-0.25, -0.2) is 4.98 Å². The molecule has 2 atom stereocenters. The first-order valence-corrected chi connectivity index (χ1v) is 10.4. The number of thiophene rings is 1. The van der Waals surface area contributed by atoms with Gasteiger partial charge in [0.15, 0.2) is 5.96 Å². The summed E-state index contributed by atoms with van der Waals surface area (Å²) >= 11 is 3.82. The second-order valence-electron chi connectivity index (χ2n) is 6.81. The summed E-state index contributed by atoms with van der Waals surface area (Å²) in [6.45, 7) is 2.28. The van der Waals surface area contributed by atoms with Gasteiger partial charge in [-0.15, -0.1) is 11.3 Å². The number of nitrogens with one attached hydrogen (secondary N) is 2. The largest absolute Gasteiger partial charge is 0.479 e. The van der Waals surface area contributed by atoms with Crippen LogP contribution in [-0.4, -0.2) is 54.0 Å². The van der Waals surface area contributed by atoms with E-state index in [0.29, 0.717) is 19.0 Å². The second kappa shape index (κ2) is 6.79. The summed E-state index contributed by atoms with van der Waals surface area (Å²) in [4.78, 5) is 25.6. The van der Waals surface area contributed by atoms with Crippen molar-refractivity contribution in [3.05, 3.63) is 31.4 Å². The summed E-state index contributed by atoms with van der Waals surface area (Å²) in [6, 6.07) is 3.98.